The smallest absolute Gasteiger partial charge is 0.252 e. The Morgan fingerprint density at radius 3 is 2.69 bits per heavy atom. The van der Waals surface area contributed by atoms with Crippen LogP contribution in [0.25, 0.3) is 10.9 Å². The summed E-state index contributed by atoms with van der Waals surface area (Å²) in [6, 6.07) is 14.7. The van der Waals surface area contributed by atoms with Gasteiger partial charge in [0, 0.05) is 18.0 Å². The van der Waals surface area contributed by atoms with E-state index in [-0.39, 0.29) is 5.91 Å². The van der Waals surface area contributed by atoms with Gasteiger partial charge in [0.05, 0.1) is 25.3 Å². The summed E-state index contributed by atoms with van der Waals surface area (Å²) in [6.07, 6.45) is 0.635. The van der Waals surface area contributed by atoms with Crippen molar-refractivity contribution in [2.75, 3.05) is 20.8 Å². The number of carbonyl (C=O) groups excluding carboxylic acids is 1. The SMILES string of the molecule is COc1ccc(CCNC(=O)c2cc(Cl)nc3ccccc23)c(OC)c1. The van der Waals surface area contributed by atoms with Gasteiger partial charge in [-0.25, -0.2) is 4.98 Å². The Hall–Kier alpha value is -2.79. The molecule has 0 spiro atoms. The number of methoxy groups -OCH3 is 2. The summed E-state index contributed by atoms with van der Waals surface area (Å²) >= 11 is 6.05. The van der Waals surface area contributed by atoms with Crippen molar-refractivity contribution in [3.63, 3.8) is 0 Å². The summed E-state index contributed by atoms with van der Waals surface area (Å²) < 4.78 is 10.6. The summed E-state index contributed by atoms with van der Waals surface area (Å²) in [5.74, 6) is 1.28. The zero-order chi connectivity index (χ0) is 18.5. The summed E-state index contributed by atoms with van der Waals surface area (Å²) in [4.78, 5) is 16.8. The maximum absolute atomic E-state index is 12.6. The minimum Gasteiger partial charge on any atom is -0.497 e. The highest BCUT2D eigenvalue weighted by Crippen LogP contribution is 2.25. The van der Waals surface area contributed by atoms with Gasteiger partial charge in [-0.3, -0.25) is 4.79 Å². The predicted molar refractivity (Wildman–Crippen MR) is 102 cm³/mol. The van der Waals surface area contributed by atoms with Crippen LogP contribution in [0.2, 0.25) is 5.15 Å². The fourth-order valence-corrected chi connectivity index (χ4v) is 3.00. The first-order valence-electron chi connectivity index (χ1n) is 8.16. The highest BCUT2D eigenvalue weighted by atomic mass is 35.5. The van der Waals surface area contributed by atoms with E-state index in [4.69, 9.17) is 21.1 Å². The van der Waals surface area contributed by atoms with Crippen molar-refractivity contribution < 1.29 is 14.3 Å². The maximum Gasteiger partial charge on any atom is 0.252 e. The number of carbonyl (C=O) groups is 1. The highest BCUT2D eigenvalue weighted by molar-refractivity contribution is 6.30. The third kappa shape index (κ3) is 3.89. The number of hydrogen-bond donors (Lipinski definition) is 1. The Morgan fingerprint density at radius 2 is 1.92 bits per heavy atom. The molecule has 0 aliphatic carbocycles. The fraction of sp³-hybridized carbons (Fsp3) is 0.200. The quantitative estimate of drug-likeness (QED) is 0.669. The highest BCUT2D eigenvalue weighted by Gasteiger charge is 2.12. The van der Waals surface area contributed by atoms with E-state index in [9.17, 15) is 4.79 Å². The Balaban J connectivity index is 1.72. The average molecular weight is 371 g/mol. The lowest BCUT2D eigenvalue weighted by Gasteiger charge is -2.12. The van der Waals surface area contributed by atoms with Crippen LogP contribution in [-0.4, -0.2) is 31.7 Å². The van der Waals surface area contributed by atoms with Gasteiger partial charge in [0.25, 0.3) is 5.91 Å². The van der Waals surface area contributed by atoms with Crippen LogP contribution in [-0.2, 0) is 6.42 Å². The lowest BCUT2D eigenvalue weighted by Crippen LogP contribution is -2.26. The largest absolute Gasteiger partial charge is 0.497 e. The Morgan fingerprint density at radius 1 is 1.12 bits per heavy atom. The van der Waals surface area contributed by atoms with Gasteiger partial charge in [0.1, 0.15) is 16.7 Å². The van der Waals surface area contributed by atoms with E-state index in [1.807, 2.05) is 42.5 Å². The molecule has 3 aromatic rings. The van der Waals surface area contributed by atoms with E-state index in [1.54, 1.807) is 20.3 Å². The molecule has 134 valence electrons. The molecule has 0 aliphatic rings. The molecule has 0 aliphatic heterocycles. The van der Waals surface area contributed by atoms with Crippen LogP contribution >= 0.6 is 11.6 Å². The molecule has 0 atom stereocenters. The van der Waals surface area contributed by atoms with Crippen LogP contribution in [0.1, 0.15) is 15.9 Å². The second-order valence-electron chi connectivity index (χ2n) is 5.69. The lowest BCUT2D eigenvalue weighted by molar-refractivity contribution is 0.0955. The number of rotatable bonds is 6. The number of nitrogens with one attached hydrogen (secondary N) is 1. The molecule has 1 aromatic heterocycles. The van der Waals surface area contributed by atoms with Crippen LogP contribution in [0.5, 0.6) is 11.5 Å². The van der Waals surface area contributed by atoms with Crippen LogP contribution in [0.4, 0.5) is 0 Å². The molecule has 0 bridgehead atoms. The van der Waals surface area contributed by atoms with Crippen molar-refractivity contribution >= 4 is 28.4 Å². The van der Waals surface area contributed by atoms with E-state index in [0.29, 0.717) is 29.2 Å². The number of para-hydroxylation sites is 1. The zero-order valence-electron chi connectivity index (χ0n) is 14.6. The van der Waals surface area contributed by atoms with E-state index in [1.165, 1.54) is 0 Å². The Labute approximate surface area is 156 Å². The molecule has 0 unspecified atom stereocenters. The number of pyridine rings is 1. The first-order valence-corrected chi connectivity index (χ1v) is 8.54. The van der Waals surface area contributed by atoms with Gasteiger partial charge in [0.15, 0.2) is 0 Å². The van der Waals surface area contributed by atoms with E-state index >= 15 is 0 Å². The summed E-state index contributed by atoms with van der Waals surface area (Å²) in [5, 5.41) is 4.01. The summed E-state index contributed by atoms with van der Waals surface area (Å²) in [6.45, 7) is 0.468. The number of ether oxygens (including phenoxy) is 2. The third-order valence-electron chi connectivity index (χ3n) is 4.10. The summed E-state index contributed by atoms with van der Waals surface area (Å²) in [5.41, 5.74) is 2.20. The number of fused-ring (bicyclic) bond motifs is 1. The predicted octanol–water partition coefficient (Wildman–Crippen LogP) is 3.88. The number of nitrogens with zero attached hydrogens (tertiary/aromatic N) is 1. The van der Waals surface area contributed by atoms with Gasteiger partial charge in [-0.2, -0.15) is 0 Å². The molecular weight excluding hydrogens is 352 g/mol. The molecule has 2 aromatic carbocycles. The molecule has 0 saturated carbocycles. The number of benzene rings is 2. The molecule has 0 saturated heterocycles. The van der Waals surface area contributed by atoms with Crippen LogP contribution < -0.4 is 14.8 Å². The van der Waals surface area contributed by atoms with Gasteiger partial charge in [-0.05, 0) is 30.2 Å². The number of aromatic nitrogens is 1. The second-order valence-corrected chi connectivity index (χ2v) is 6.08. The maximum atomic E-state index is 12.6. The molecular formula is C20H19ClN2O3. The number of hydrogen-bond acceptors (Lipinski definition) is 4. The fourth-order valence-electron chi connectivity index (χ4n) is 2.80. The summed E-state index contributed by atoms with van der Waals surface area (Å²) in [7, 11) is 3.22. The minimum absolute atomic E-state index is 0.182. The average Bonchev–Trinajstić information content (AvgIpc) is 2.67. The first kappa shape index (κ1) is 18.0. The van der Waals surface area contributed by atoms with Crippen molar-refractivity contribution in [1.82, 2.24) is 10.3 Å². The normalized spacial score (nSPS) is 10.6. The van der Waals surface area contributed by atoms with Crippen molar-refractivity contribution in [3.8, 4) is 11.5 Å². The van der Waals surface area contributed by atoms with E-state index < -0.39 is 0 Å². The van der Waals surface area contributed by atoms with Crippen LogP contribution in [0.3, 0.4) is 0 Å². The van der Waals surface area contributed by atoms with Gasteiger partial charge >= 0.3 is 0 Å². The van der Waals surface area contributed by atoms with Crippen LogP contribution in [0.15, 0.2) is 48.5 Å². The van der Waals surface area contributed by atoms with E-state index in [0.717, 1.165) is 22.4 Å². The molecule has 26 heavy (non-hydrogen) atoms. The van der Waals surface area contributed by atoms with Crippen molar-refractivity contribution in [3.05, 3.63) is 64.8 Å². The van der Waals surface area contributed by atoms with Gasteiger partial charge in [0.2, 0.25) is 0 Å². The molecule has 3 rings (SSSR count). The number of halogens is 1. The molecule has 0 radical (unpaired) electrons. The van der Waals surface area contributed by atoms with Crippen LogP contribution in [0, 0.1) is 0 Å². The molecule has 1 N–H and O–H groups in total. The Bertz CT molecular complexity index is 943. The first-order chi connectivity index (χ1) is 12.6. The molecule has 5 nitrogen and oxygen atoms in total. The second kappa shape index (κ2) is 8.06. The van der Waals surface area contributed by atoms with E-state index in [2.05, 4.69) is 10.3 Å². The van der Waals surface area contributed by atoms with Crippen molar-refractivity contribution in [2.24, 2.45) is 0 Å². The zero-order valence-corrected chi connectivity index (χ0v) is 15.3. The molecule has 0 fully saturated rings. The standard InChI is InChI=1S/C20H19ClN2O3/c1-25-14-8-7-13(18(11-14)26-2)9-10-22-20(24)16-12-19(21)23-17-6-4-3-5-15(16)17/h3-8,11-12H,9-10H2,1-2H3,(H,22,24). The molecule has 1 amide bonds. The van der Waals surface area contributed by atoms with Gasteiger partial charge < -0.3 is 14.8 Å². The van der Waals surface area contributed by atoms with Crippen molar-refractivity contribution in [2.45, 2.75) is 6.42 Å². The molecule has 1 heterocycles. The lowest BCUT2D eigenvalue weighted by atomic mass is 10.1. The number of amides is 1. The Kier molecular flexibility index (Phi) is 5.58. The molecule has 6 heteroatoms. The van der Waals surface area contributed by atoms with Crippen molar-refractivity contribution in [1.29, 1.82) is 0 Å². The topological polar surface area (TPSA) is 60.5 Å². The minimum atomic E-state index is -0.182. The third-order valence-corrected chi connectivity index (χ3v) is 4.30. The monoisotopic (exact) mass is 370 g/mol. The van der Waals surface area contributed by atoms with Gasteiger partial charge in [-0.1, -0.05) is 35.9 Å². The van der Waals surface area contributed by atoms with Gasteiger partial charge in [-0.15, -0.1) is 0 Å².